The molecule has 0 N–H and O–H groups in total. The molecule has 0 aromatic heterocycles. The monoisotopic (exact) mass is 350 g/mol. The van der Waals surface area contributed by atoms with Crippen molar-refractivity contribution in [1.82, 2.24) is 0 Å². The lowest BCUT2D eigenvalue weighted by molar-refractivity contribution is 0.217. The topological polar surface area (TPSA) is 35.5 Å². The van der Waals surface area contributed by atoms with Gasteiger partial charge in [0.25, 0.3) is 0 Å². The highest BCUT2D eigenvalue weighted by molar-refractivity contribution is 8.12. The SMILES string of the molecule is O=C(OC(=S)OSCc1ccccc1)SCc1ccccc1. The second-order valence-electron chi connectivity index (χ2n) is 4.21. The summed E-state index contributed by atoms with van der Waals surface area (Å²) < 4.78 is 10.1. The normalized spacial score (nSPS) is 10.0. The Kier molecular flexibility index (Phi) is 7.28. The number of ether oxygens (including phenoxy) is 1. The molecule has 0 bridgehead atoms. The van der Waals surface area contributed by atoms with Crippen LogP contribution < -0.4 is 0 Å². The maximum absolute atomic E-state index is 11.6. The lowest BCUT2D eigenvalue weighted by atomic mass is 10.2. The van der Waals surface area contributed by atoms with Crippen LogP contribution in [0.15, 0.2) is 60.7 Å². The summed E-state index contributed by atoms with van der Waals surface area (Å²) in [4.78, 5) is 11.6. The van der Waals surface area contributed by atoms with Crippen molar-refractivity contribution in [3.63, 3.8) is 0 Å². The van der Waals surface area contributed by atoms with E-state index < -0.39 is 5.30 Å². The van der Waals surface area contributed by atoms with E-state index in [0.717, 1.165) is 34.9 Å². The minimum Gasteiger partial charge on any atom is -0.382 e. The molecule has 0 aliphatic heterocycles. The van der Waals surface area contributed by atoms with Crippen molar-refractivity contribution in [3.05, 3.63) is 71.8 Å². The molecule has 2 rings (SSSR count). The predicted molar refractivity (Wildman–Crippen MR) is 95.6 cm³/mol. The lowest BCUT2D eigenvalue weighted by Gasteiger charge is -2.06. The van der Waals surface area contributed by atoms with Crippen molar-refractivity contribution in [2.24, 2.45) is 0 Å². The molecule has 2 aromatic rings. The van der Waals surface area contributed by atoms with Gasteiger partial charge in [0.15, 0.2) is 0 Å². The Hall–Kier alpha value is -1.50. The van der Waals surface area contributed by atoms with Crippen LogP contribution in [0, 0.1) is 0 Å². The molecule has 0 radical (unpaired) electrons. The maximum Gasteiger partial charge on any atom is 0.376 e. The van der Waals surface area contributed by atoms with Gasteiger partial charge in [-0.1, -0.05) is 60.7 Å². The van der Waals surface area contributed by atoms with E-state index in [1.807, 2.05) is 60.7 Å². The van der Waals surface area contributed by atoms with E-state index in [2.05, 4.69) is 0 Å². The van der Waals surface area contributed by atoms with E-state index in [1.54, 1.807) is 0 Å². The fraction of sp³-hybridized carbons (Fsp3) is 0.125. The third-order valence-corrected chi connectivity index (χ3v) is 4.35. The summed E-state index contributed by atoms with van der Waals surface area (Å²) in [7, 11) is 0. The Morgan fingerprint density at radius 2 is 1.45 bits per heavy atom. The quantitative estimate of drug-likeness (QED) is 0.419. The van der Waals surface area contributed by atoms with Gasteiger partial charge in [0, 0.05) is 18.0 Å². The number of hydrogen-bond acceptors (Lipinski definition) is 6. The summed E-state index contributed by atoms with van der Waals surface area (Å²) in [5.41, 5.74) is 2.16. The standard InChI is InChI=1S/C16H14O3S3/c17-15(21-11-13-7-3-1-4-8-13)18-16(20)19-22-12-14-9-5-2-6-10-14/h1-10H,11-12H2. The zero-order chi connectivity index (χ0) is 15.6. The molecule has 0 spiro atoms. The molecule has 0 atom stereocenters. The molecule has 114 valence electrons. The zero-order valence-electron chi connectivity index (χ0n) is 11.6. The zero-order valence-corrected chi connectivity index (χ0v) is 14.1. The first-order valence-corrected chi connectivity index (χ1v) is 8.80. The van der Waals surface area contributed by atoms with E-state index in [0.29, 0.717) is 11.5 Å². The van der Waals surface area contributed by atoms with Crippen molar-refractivity contribution in [3.8, 4) is 0 Å². The Morgan fingerprint density at radius 3 is 2.05 bits per heavy atom. The van der Waals surface area contributed by atoms with Crippen LogP contribution in [-0.4, -0.2) is 10.5 Å². The van der Waals surface area contributed by atoms with Crippen LogP contribution in [-0.2, 0) is 20.4 Å². The van der Waals surface area contributed by atoms with Gasteiger partial charge < -0.3 is 8.92 Å². The highest BCUT2D eigenvalue weighted by atomic mass is 32.2. The van der Waals surface area contributed by atoms with Gasteiger partial charge in [-0.05, 0) is 22.9 Å². The van der Waals surface area contributed by atoms with Gasteiger partial charge in [-0.3, -0.25) is 0 Å². The lowest BCUT2D eigenvalue weighted by Crippen LogP contribution is -2.06. The number of rotatable bonds is 5. The molecule has 0 aliphatic carbocycles. The second-order valence-corrected chi connectivity index (χ2v) is 6.14. The first-order chi connectivity index (χ1) is 10.7. The Morgan fingerprint density at radius 1 is 0.909 bits per heavy atom. The molecule has 0 saturated carbocycles. The molecular weight excluding hydrogens is 336 g/mol. The van der Waals surface area contributed by atoms with Gasteiger partial charge in [0.05, 0.1) is 17.8 Å². The van der Waals surface area contributed by atoms with E-state index in [-0.39, 0.29) is 5.24 Å². The number of carbonyl (C=O) groups excluding carboxylic acids is 1. The van der Waals surface area contributed by atoms with E-state index in [4.69, 9.17) is 21.1 Å². The molecule has 0 saturated heterocycles. The molecule has 0 heterocycles. The smallest absolute Gasteiger partial charge is 0.376 e. The summed E-state index contributed by atoms with van der Waals surface area (Å²) in [6, 6.07) is 19.5. The summed E-state index contributed by atoms with van der Waals surface area (Å²) in [6.45, 7) is 0. The molecule has 0 fully saturated rings. The third-order valence-electron chi connectivity index (χ3n) is 2.56. The molecule has 0 amide bonds. The van der Waals surface area contributed by atoms with E-state index in [9.17, 15) is 4.79 Å². The van der Waals surface area contributed by atoms with Crippen molar-refractivity contribution in [2.75, 3.05) is 0 Å². The van der Waals surface area contributed by atoms with Crippen LogP contribution in [0.1, 0.15) is 11.1 Å². The minimum atomic E-state index is -0.464. The number of thioether (sulfide) groups is 1. The van der Waals surface area contributed by atoms with Crippen LogP contribution in [0.3, 0.4) is 0 Å². The van der Waals surface area contributed by atoms with Crippen LogP contribution in [0.25, 0.3) is 0 Å². The molecule has 0 unspecified atom stereocenters. The van der Waals surface area contributed by atoms with Gasteiger partial charge >= 0.3 is 10.5 Å². The van der Waals surface area contributed by atoms with Crippen molar-refractivity contribution in [2.45, 2.75) is 11.5 Å². The van der Waals surface area contributed by atoms with Crippen LogP contribution in [0.4, 0.5) is 4.79 Å². The Balaban J connectivity index is 1.63. The summed E-state index contributed by atoms with van der Waals surface area (Å²) in [5, 5.41) is -0.624. The van der Waals surface area contributed by atoms with Gasteiger partial charge in [0.1, 0.15) is 0 Å². The number of thiocarbonyl (C=S) groups is 1. The first kappa shape index (κ1) is 16.9. The predicted octanol–water partition coefficient (Wildman–Crippen LogP) is 5.21. The van der Waals surface area contributed by atoms with Crippen LogP contribution in [0.2, 0.25) is 0 Å². The number of carbonyl (C=O) groups is 1. The largest absolute Gasteiger partial charge is 0.382 e. The van der Waals surface area contributed by atoms with Crippen LogP contribution >= 0.6 is 36.0 Å². The fourth-order valence-corrected chi connectivity index (χ4v) is 2.95. The van der Waals surface area contributed by atoms with E-state index >= 15 is 0 Å². The van der Waals surface area contributed by atoms with Gasteiger partial charge in [-0.25, -0.2) is 4.79 Å². The average molecular weight is 350 g/mol. The Bertz CT molecular complexity index is 603. The summed E-state index contributed by atoms with van der Waals surface area (Å²) in [6.07, 6.45) is 0. The summed E-state index contributed by atoms with van der Waals surface area (Å²) in [5.74, 6) is 1.18. The van der Waals surface area contributed by atoms with Crippen molar-refractivity contribution in [1.29, 1.82) is 0 Å². The first-order valence-electron chi connectivity index (χ1n) is 6.50. The molecule has 0 aliphatic rings. The fourth-order valence-electron chi connectivity index (χ4n) is 1.55. The van der Waals surface area contributed by atoms with Crippen molar-refractivity contribution < 1.29 is 13.7 Å². The van der Waals surface area contributed by atoms with Crippen molar-refractivity contribution >= 4 is 46.6 Å². The summed E-state index contributed by atoms with van der Waals surface area (Å²) >= 11 is 7.07. The van der Waals surface area contributed by atoms with Gasteiger partial charge in [-0.2, -0.15) is 0 Å². The third kappa shape index (κ3) is 6.51. The van der Waals surface area contributed by atoms with Crippen LogP contribution in [0.5, 0.6) is 0 Å². The Labute approximate surface area is 143 Å². The number of benzene rings is 2. The van der Waals surface area contributed by atoms with Gasteiger partial charge in [-0.15, -0.1) is 0 Å². The number of hydrogen-bond donors (Lipinski definition) is 0. The molecule has 6 heteroatoms. The average Bonchev–Trinajstić information content (AvgIpc) is 2.55. The minimum absolute atomic E-state index is 0.161. The molecular formula is C16H14O3S3. The second kappa shape index (κ2) is 9.50. The highest BCUT2D eigenvalue weighted by Crippen LogP contribution is 2.17. The molecule has 2 aromatic carbocycles. The van der Waals surface area contributed by atoms with Gasteiger partial charge in [0.2, 0.25) is 0 Å². The van der Waals surface area contributed by atoms with E-state index in [1.165, 1.54) is 0 Å². The maximum atomic E-state index is 11.6. The highest BCUT2D eigenvalue weighted by Gasteiger charge is 2.10. The molecule has 22 heavy (non-hydrogen) atoms. The molecule has 3 nitrogen and oxygen atoms in total.